The molecule has 118 valence electrons. The second kappa shape index (κ2) is 5.88. The smallest absolute Gasteiger partial charge is 0.216 e. The summed E-state index contributed by atoms with van der Waals surface area (Å²) in [4.78, 5) is 0. The Hall–Kier alpha value is -2.61. The van der Waals surface area contributed by atoms with Gasteiger partial charge < -0.3 is 0 Å². The molecule has 8 heteroatoms. The largest absolute Gasteiger partial charge is 0.272 e. The number of aryl methyl sites for hydroxylation is 2. The fourth-order valence-corrected chi connectivity index (χ4v) is 2.48. The number of H-pyrrole nitrogens is 1. The van der Waals surface area contributed by atoms with Crippen molar-refractivity contribution in [3.8, 4) is 11.4 Å². The second-order valence-corrected chi connectivity index (χ2v) is 5.51. The molecule has 3 aromatic rings. The van der Waals surface area contributed by atoms with Crippen LogP contribution in [-0.4, -0.2) is 30.9 Å². The average molecular weight is 330 g/mol. The monoisotopic (exact) mass is 330 g/mol. The standard InChI is InChI=1S/C15H15FN6S/c1-9-13(10(2)21(3)20-9)8-17-22-14(18-19-15(22)23)11-5-4-6-12(16)7-11/h4-8H,1-3H3,(H,19,23). The molecular formula is C15H15FN6S. The molecule has 6 nitrogen and oxygen atoms in total. The van der Waals surface area contributed by atoms with E-state index in [1.165, 1.54) is 16.8 Å². The van der Waals surface area contributed by atoms with Crippen LogP contribution in [0, 0.1) is 24.4 Å². The maximum absolute atomic E-state index is 13.4. The highest BCUT2D eigenvalue weighted by Crippen LogP contribution is 2.18. The Bertz CT molecular complexity index is 949. The van der Waals surface area contributed by atoms with Crippen molar-refractivity contribution in [2.24, 2.45) is 12.1 Å². The van der Waals surface area contributed by atoms with Gasteiger partial charge in [-0.3, -0.25) is 4.68 Å². The number of benzene rings is 1. The van der Waals surface area contributed by atoms with Gasteiger partial charge in [-0.1, -0.05) is 12.1 Å². The zero-order chi connectivity index (χ0) is 16.6. The summed E-state index contributed by atoms with van der Waals surface area (Å²) in [5, 5.41) is 15.6. The van der Waals surface area contributed by atoms with Crippen molar-refractivity contribution in [2.75, 3.05) is 0 Å². The van der Waals surface area contributed by atoms with Crippen LogP contribution < -0.4 is 0 Å². The molecule has 0 fully saturated rings. The summed E-state index contributed by atoms with van der Waals surface area (Å²) in [6.45, 7) is 3.87. The van der Waals surface area contributed by atoms with E-state index in [1.807, 2.05) is 20.9 Å². The van der Waals surface area contributed by atoms with Crippen LogP contribution in [0.1, 0.15) is 17.0 Å². The van der Waals surface area contributed by atoms with Crippen LogP contribution in [0.15, 0.2) is 29.4 Å². The van der Waals surface area contributed by atoms with Crippen molar-refractivity contribution in [2.45, 2.75) is 13.8 Å². The Labute approximate surface area is 137 Å². The van der Waals surface area contributed by atoms with Crippen LogP contribution in [0.25, 0.3) is 11.4 Å². The molecule has 0 aliphatic carbocycles. The van der Waals surface area contributed by atoms with Gasteiger partial charge in [-0.2, -0.15) is 20.0 Å². The Kier molecular flexibility index (Phi) is 3.91. The second-order valence-electron chi connectivity index (χ2n) is 5.13. The molecule has 1 N–H and O–H groups in total. The number of aromatic nitrogens is 5. The van der Waals surface area contributed by atoms with Crippen molar-refractivity contribution in [1.82, 2.24) is 24.7 Å². The molecule has 1 aromatic carbocycles. The molecule has 23 heavy (non-hydrogen) atoms. The third-order valence-electron chi connectivity index (χ3n) is 3.60. The van der Waals surface area contributed by atoms with Crippen molar-refractivity contribution >= 4 is 18.4 Å². The summed E-state index contributed by atoms with van der Waals surface area (Å²) in [5.74, 6) is 0.107. The van der Waals surface area contributed by atoms with Gasteiger partial charge in [-0.05, 0) is 38.2 Å². The van der Waals surface area contributed by atoms with Crippen LogP contribution in [0.3, 0.4) is 0 Å². The van der Waals surface area contributed by atoms with Gasteiger partial charge in [0.2, 0.25) is 4.77 Å². The van der Waals surface area contributed by atoms with Gasteiger partial charge in [0.05, 0.1) is 11.9 Å². The molecule has 0 amide bonds. The molecule has 0 unspecified atom stereocenters. The van der Waals surface area contributed by atoms with Gasteiger partial charge in [0, 0.05) is 23.9 Å². The Morgan fingerprint density at radius 3 is 2.78 bits per heavy atom. The van der Waals surface area contributed by atoms with Crippen molar-refractivity contribution < 1.29 is 4.39 Å². The minimum absolute atomic E-state index is 0.333. The van der Waals surface area contributed by atoms with Crippen molar-refractivity contribution in [3.63, 3.8) is 0 Å². The van der Waals surface area contributed by atoms with Crippen LogP contribution >= 0.6 is 12.2 Å². The number of halogens is 1. The van der Waals surface area contributed by atoms with Gasteiger partial charge in [0.15, 0.2) is 5.82 Å². The molecule has 0 atom stereocenters. The van der Waals surface area contributed by atoms with E-state index >= 15 is 0 Å². The van der Waals surface area contributed by atoms with E-state index in [0.29, 0.717) is 16.2 Å². The summed E-state index contributed by atoms with van der Waals surface area (Å²) >= 11 is 5.21. The first-order valence-corrected chi connectivity index (χ1v) is 7.36. The fourth-order valence-electron chi connectivity index (χ4n) is 2.31. The number of hydrogen-bond donors (Lipinski definition) is 1. The highest BCUT2D eigenvalue weighted by atomic mass is 32.1. The van der Waals surface area contributed by atoms with Crippen LogP contribution in [0.5, 0.6) is 0 Å². The molecule has 2 aromatic heterocycles. The Balaban J connectivity index is 2.06. The first kappa shape index (κ1) is 15.3. The molecule has 0 bridgehead atoms. The van der Waals surface area contributed by atoms with Gasteiger partial charge in [0.1, 0.15) is 5.82 Å². The average Bonchev–Trinajstić information content (AvgIpc) is 2.98. The third-order valence-corrected chi connectivity index (χ3v) is 3.86. The molecule has 0 saturated carbocycles. The lowest BCUT2D eigenvalue weighted by Gasteiger charge is -2.01. The fraction of sp³-hybridized carbons (Fsp3) is 0.200. The first-order valence-electron chi connectivity index (χ1n) is 6.95. The van der Waals surface area contributed by atoms with Gasteiger partial charge in [-0.25, -0.2) is 9.49 Å². The maximum atomic E-state index is 13.4. The highest BCUT2D eigenvalue weighted by Gasteiger charge is 2.10. The molecule has 0 radical (unpaired) electrons. The predicted octanol–water partition coefficient (Wildman–Crippen LogP) is 2.98. The summed E-state index contributed by atoms with van der Waals surface area (Å²) in [6, 6.07) is 6.13. The van der Waals surface area contributed by atoms with E-state index in [0.717, 1.165) is 17.0 Å². The topological polar surface area (TPSA) is 63.8 Å². The Morgan fingerprint density at radius 1 is 1.35 bits per heavy atom. The molecule has 2 heterocycles. The van der Waals surface area contributed by atoms with Crippen LogP contribution in [-0.2, 0) is 7.05 Å². The van der Waals surface area contributed by atoms with Gasteiger partial charge in [0.25, 0.3) is 0 Å². The normalized spacial score (nSPS) is 11.5. The lowest BCUT2D eigenvalue weighted by molar-refractivity contribution is 0.628. The summed E-state index contributed by atoms with van der Waals surface area (Å²) in [7, 11) is 1.88. The first-order chi connectivity index (χ1) is 11.0. The van der Waals surface area contributed by atoms with E-state index in [2.05, 4.69) is 20.4 Å². The summed E-state index contributed by atoms with van der Waals surface area (Å²) in [6.07, 6.45) is 1.69. The number of hydrogen-bond acceptors (Lipinski definition) is 4. The number of rotatable bonds is 3. The number of aromatic amines is 1. The minimum atomic E-state index is -0.342. The Morgan fingerprint density at radius 2 is 2.13 bits per heavy atom. The predicted molar refractivity (Wildman–Crippen MR) is 88.5 cm³/mol. The zero-order valence-electron chi connectivity index (χ0n) is 12.9. The maximum Gasteiger partial charge on any atom is 0.216 e. The van der Waals surface area contributed by atoms with Gasteiger partial charge >= 0.3 is 0 Å². The molecule has 3 rings (SSSR count). The SMILES string of the molecule is Cc1nn(C)c(C)c1C=Nn1c(-c2cccc(F)c2)n[nH]c1=S. The summed E-state index contributed by atoms with van der Waals surface area (Å²) < 4.78 is 17.0. The van der Waals surface area contributed by atoms with Gasteiger partial charge in [-0.15, -0.1) is 0 Å². The lowest BCUT2D eigenvalue weighted by atomic mass is 10.2. The van der Waals surface area contributed by atoms with E-state index in [-0.39, 0.29) is 5.82 Å². The lowest BCUT2D eigenvalue weighted by Crippen LogP contribution is -1.97. The zero-order valence-corrected chi connectivity index (χ0v) is 13.7. The molecular weight excluding hydrogens is 315 g/mol. The van der Waals surface area contributed by atoms with Crippen LogP contribution in [0.4, 0.5) is 4.39 Å². The quantitative estimate of drug-likeness (QED) is 0.593. The summed E-state index contributed by atoms with van der Waals surface area (Å²) in [5.41, 5.74) is 3.37. The third kappa shape index (κ3) is 2.85. The van der Waals surface area contributed by atoms with E-state index in [9.17, 15) is 4.39 Å². The highest BCUT2D eigenvalue weighted by molar-refractivity contribution is 7.71. The van der Waals surface area contributed by atoms with E-state index in [4.69, 9.17) is 12.2 Å². The molecule has 0 spiro atoms. The van der Waals surface area contributed by atoms with E-state index in [1.54, 1.807) is 23.0 Å². The number of nitrogens with zero attached hydrogens (tertiary/aromatic N) is 5. The molecule has 0 aliphatic rings. The van der Waals surface area contributed by atoms with Crippen molar-refractivity contribution in [1.29, 1.82) is 0 Å². The minimum Gasteiger partial charge on any atom is -0.272 e. The van der Waals surface area contributed by atoms with Crippen LogP contribution in [0.2, 0.25) is 0 Å². The molecule has 0 aliphatic heterocycles. The molecule has 0 saturated heterocycles. The number of nitrogens with one attached hydrogen (secondary N) is 1. The van der Waals surface area contributed by atoms with Crippen molar-refractivity contribution in [3.05, 3.63) is 51.8 Å². The van der Waals surface area contributed by atoms with E-state index < -0.39 is 0 Å².